The molecule has 2 aliphatic rings. The van der Waals surface area contributed by atoms with E-state index in [1.54, 1.807) is 6.07 Å². The molecule has 1 saturated heterocycles. The number of rotatable bonds is 5. The zero-order chi connectivity index (χ0) is 22.0. The molecule has 1 saturated carbocycles. The highest BCUT2D eigenvalue weighted by Gasteiger charge is 2.49. The Kier molecular flexibility index (Phi) is 6.21. The maximum atomic E-state index is 12.9. The van der Waals surface area contributed by atoms with Gasteiger partial charge < -0.3 is 20.3 Å². The van der Waals surface area contributed by atoms with Crippen LogP contribution in [0.25, 0.3) is 0 Å². The lowest BCUT2D eigenvalue weighted by atomic mass is 9.66. The Morgan fingerprint density at radius 2 is 1.97 bits per heavy atom. The highest BCUT2D eigenvalue weighted by atomic mass is 16.5. The second-order valence-corrected chi connectivity index (χ2v) is 8.97. The number of fused-ring (bicyclic) bond motifs is 1. The fourth-order valence-corrected chi connectivity index (χ4v) is 5.26. The van der Waals surface area contributed by atoms with Crippen LogP contribution in [0.15, 0.2) is 42.5 Å². The number of phenolic OH excluding ortho intramolecular Hbond substituents is 1. The molecule has 0 radical (unpaired) electrons. The van der Waals surface area contributed by atoms with Crippen LogP contribution in [0.4, 0.5) is 5.69 Å². The molecule has 2 fully saturated rings. The molecule has 1 aliphatic heterocycles. The Hall–Kier alpha value is -2.57. The number of carbonyl (C=O) groups is 1. The second kappa shape index (κ2) is 8.89. The third-order valence-corrected chi connectivity index (χ3v) is 6.90. The average molecular weight is 425 g/mol. The van der Waals surface area contributed by atoms with Crippen LogP contribution in [0.2, 0.25) is 0 Å². The number of hydrogen-bond donors (Lipinski definition) is 3. The van der Waals surface area contributed by atoms with Gasteiger partial charge in [0.15, 0.2) is 11.5 Å². The van der Waals surface area contributed by atoms with E-state index in [1.165, 1.54) is 7.11 Å². The molecule has 31 heavy (non-hydrogen) atoms. The van der Waals surface area contributed by atoms with Crippen LogP contribution in [-0.2, 0) is 4.79 Å². The third kappa shape index (κ3) is 4.55. The van der Waals surface area contributed by atoms with Gasteiger partial charge in [0.05, 0.1) is 19.3 Å². The molecular formula is C25H32N2O4. The number of aryl methyl sites for hydroxylation is 1. The first-order chi connectivity index (χ1) is 14.9. The minimum atomic E-state index is -0.710. The van der Waals surface area contributed by atoms with Gasteiger partial charge in [-0.2, -0.15) is 0 Å². The van der Waals surface area contributed by atoms with Crippen molar-refractivity contribution in [3.8, 4) is 11.5 Å². The minimum absolute atomic E-state index is 0.0384. The highest BCUT2D eigenvalue weighted by Crippen LogP contribution is 2.50. The number of anilines is 1. The van der Waals surface area contributed by atoms with Gasteiger partial charge in [0.25, 0.3) is 0 Å². The van der Waals surface area contributed by atoms with Gasteiger partial charge in [-0.25, -0.2) is 0 Å². The van der Waals surface area contributed by atoms with Crippen molar-refractivity contribution in [3.63, 3.8) is 0 Å². The number of aliphatic hydroxyl groups is 1. The largest absolute Gasteiger partial charge is 0.504 e. The summed E-state index contributed by atoms with van der Waals surface area (Å²) < 4.78 is 5.33. The number of likely N-dealkylation sites (tertiary alicyclic amines) is 1. The molecule has 0 unspecified atom stereocenters. The molecule has 166 valence electrons. The van der Waals surface area contributed by atoms with Gasteiger partial charge in [-0.05, 0) is 56.0 Å². The Labute approximate surface area is 183 Å². The fraction of sp³-hybridized carbons (Fsp3) is 0.480. The quantitative estimate of drug-likeness (QED) is 0.676. The van der Waals surface area contributed by atoms with E-state index in [2.05, 4.69) is 10.2 Å². The number of ether oxygens (including phenoxy) is 1. The Bertz CT molecular complexity index is 930. The van der Waals surface area contributed by atoms with Gasteiger partial charge >= 0.3 is 0 Å². The van der Waals surface area contributed by atoms with Crippen LogP contribution in [0.5, 0.6) is 11.5 Å². The van der Waals surface area contributed by atoms with E-state index >= 15 is 0 Å². The third-order valence-electron chi connectivity index (χ3n) is 6.90. The van der Waals surface area contributed by atoms with Crippen LogP contribution in [0, 0.1) is 12.8 Å². The molecule has 0 bridgehead atoms. The van der Waals surface area contributed by atoms with Crippen LogP contribution in [0.3, 0.4) is 0 Å². The highest BCUT2D eigenvalue weighted by molar-refractivity contribution is 5.92. The number of phenols is 1. The Morgan fingerprint density at radius 3 is 2.71 bits per heavy atom. The molecule has 0 aromatic heterocycles. The summed E-state index contributed by atoms with van der Waals surface area (Å²) in [4.78, 5) is 15.0. The molecule has 2 aromatic rings. The zero-order valence-electron chi connectivity index (χ0n) is 18.3. The molecular weight excluding hydrogens is 392 g/mol. The summed E-state index contributed by atoms with van der Waals surface area (Å²) in [5, 5.41) is 24.5. The van der Waals surface area contributed by atoms with E-state index in [0.29, 0.717) is 18.7 Å². The summed E-state index contributed by atoms with van der Waals surface area (Å²) >= 11 is 0. The first kappa shape index (κ1) is 21.7. The number of nitrogens with one attached hydrogen (secondary N) is 1. The lowest BCUT2D eigenvalue weighted by molar-refractivity contribution is -0.135. The molecule has 1 amide bonds. The fourth-order valence-electron chi connectivity index (χ4n) is 5.26. The van der Waals surface area contributed by atoms with Gasteiger partial charge in [-0.3, -0.25) is 9.69 Å². The average Bonchev–Trinajstić information content (AvgIpc) is 2.76. The molecule has 1 aliphatic carbocycles. The molecule has 1 heterocycles. The number of piperidine rings is 1. The van der Waals surface area contributed by atoms with Crippen LogP contribution in [0.1, 0.15) is 49.3 Å². The van der Waals surface area contributed by atoms with Gasteiger partial charge in [0.1, 0.15) is 0 Å². The van der Waals surface area contributed by atoms with Crippen LogP contribution >= 0.6 is 0 Å². The maximum Gasteiger partial charge on any atom is 0.238 e. The van der Waals surface area contributed by atoms with E-state index in [4.69, 9.17) is 4.74 Å². The van der Waals surface area contributed by atoms with E-state index < -0.39 is 5.60 Å². The van der Waals surface area contributed by atoms with E-state index in [-0.39, 0.29) is 30.2 Å². The number of amides is 1. The summed E-state index contributed by atoms with van der Waals surface area (Å²) in [6.07, 6.45) is 4.49. The monoisotopic (exact) mass is 424 g/mol. The number of hydrogen-bond acceptors (Lipinski definition) is 5. The standard InChI is InChI=1S/C25H32N2O4/c1-17-6-9-19(10-7-17)26-23(29)16-27-14-13-25(30)12-4-3-5-20(25)24(27)18-8-11-21(28)22(15-18)31-2/h6-11,15,20,24,28,30H,3-5,12-14,16H2,1-2H3,(H,26,29)/t20-,24+,25+/m0/s1. The van der Waals surface area contributed by atoms with Crippen molar-refractivity contribution in [2.75, 3.05) is 25.5 Å². The summed E-state index contributed by atoms with van der Waals surface area (Å²) in [5.41, 5.74) is 2.18. The van der Waals surface area contributed by atoms with Crippen molar-refractivity contribution in [1.82, 2.24) is 4.90 Å². The van der Waals surface area contributed by atoms with Gasteiger partial charge in [-0.15, -0.1) is 0 Å². The maximum absolute atomic E-state index is 12.9. The minimum Gasteiger partial charge on any atom is -0.504 e. The first-order valence-corrected chi connectivity index (χ1v) is 11.1. The topological polar surface area (TPSA) is 82.0 Å². The molecule has 0 spiro atoms. The molecule has 4 rings (SSSR count). The van der Waals surface area contributed by atoms with E-state index in [9.17, 15) is 15.0 Å². The number of methoxy groups -OCH3 is 1. The van der Waals surface area contributed by atoms with Crippen LogP contribution in [-0.4, -0.2) is 46.8 Å². The predicted molar refractivity (Wildman–Crippen MR) is 120 cm³/mol. The van der Waals surface area contributed by atoms with E-state index in [0.717, 1.165) is 42.5 Å². The SMILES string of the molecule is COc1cc([C@@H]2[C@@H]3CCCC[C@@]3(O)CCN2CC(=O)Nc2ccc(C)cc2)ccc1O. The molecule has 6 heteroatoms. The van der Waals surface area contributed by atoms with E-state index in [1.807, 2.05) is 43.3 Å². The van der Waals surface area contributed by atoms with Crippen LogP contribution < -0.4 is 10.1 Å². The van der Waals surface area contributed by atoms with Crippen molar-refractivity contribution in [3.05, 3.63) is 53.6 Å². The normalized spacial score (nSPS) is 26.2. The lowest BCUT2D eigenvalue weighted by Gasteiger charge is -2.52. The Balaban J connectivity index is 1.60. The predicted octanol–water partition coefficient (Wildman–Crippen LogP) is 4.02. The number of aromatic hydroxyl groups is 1. The van der Waals surface area contributed by atoms with Crippen molar-refractivity contribution in [2.24, 2.45) is 5.92 Å². The van der Waals surface area contributed by atoms with Crippen molar-refractivity contribution in [1.29, 1.82) is 0 Å². The van der Waals surface area contributed by atoms with Crippen molar-refractivity contribution >= 4 is 11.6 Å². The summed E-state index contributed by atoms with van der Waals surface area (Å²) in [5.74, 6) is 0.466. The number of benzene rings is 2. The molecule has 2 aromatic carbocycles. The summed E-state index contributed by atoms with van der Waals surface area (Å²) in [7, 11) is 1.53. The van der Waals surface area contributed by atoms with Gasteiger partial charge in [0, 0.05) is 24.2 Å². The number of nitrogens with zero attached hydrogens (tertiary/aromatic N) is 1. The summed E-state index contributed by atoms with van der Waals surface area (Å²) in [6.45, 7) is 2.90. The second-order valence-electron chi connectivity index (χ2n) is 8.97. The smallest absolute Gasteiger partial charge is 0.238 e. The first-order valence-electron chi connectivity index (χ1n) is 11.1. The van der Waals surface area contributed by atoms with Crippen molar-refractivity contribution < 1.29 is 19.7 Å². The molecule has 3 atom stereocenters. The lowest BCUT2D eigenvalue weighted by Crippen LogP contribution is -2.56. The number of carbonyl (C=O) groups excluding carboxylic acids is 1. The zero-order valence-corrected chi connectivity index (χ0v) is 18.3. The molecule has 3 N–H and O–H groups in total. The van der Waals surface area contributed by atoms with Gasteiger partial charge in [0.2, 0.25) is 5.91 Å². The van der Waals surface area contributed by atoms with Gasteiger partial charge in [-0.1, -0.05) is 36.6 Å². The van der Waals surface area contributed by atoms with Crippen molar-refractivity contribution in [2.45, 2.75) is 50.7 Å². The Morgan fingerprint density at radius 1 is 1.19 bits per heavy atom. The summed E-state index contributed by atoms with van der Waals surface area (Å²) in [6, 6.07) is 13.0. The molecule has 6 nitrogen and oxygen atoms in total.